The SMILES string of the molecule is O=C(OC(C(=O)N1CCOCC1)c1ccccc1)c1cc(C2CC2)nc2ccccc12. The van der Waals surface area contributed by atoms with E-state index >= 15 is 0 Å². The molecule has 1 aliphatic heterocycles. The van der Waals surface area contributed by atoms with Gasteiger partial charge in [0.25, 0.3) is 5.91 Å². The molecule has 2 aromatic carbocycles. The maximum absolute atomic E-state index is 13.4. The van der Waals surface area contributed by atoms with Crippen LogP contribution >= 0.6 is 0 Å². The van der Waals surface area contributed by atoms with Crippen molar-refractivity contribution in [2.45, 2.75) is 24.9 Å². The molecule has 2 aliphatic rings. The van der Waals surface area contributed by atoms with E-state index < -0.39 is 12.1 Å². The Bertz CT molecular complexity index is 1100. The van der Waals surface area contributed by atoms with Crippen molar-refractivity contribution in [1.82, 2.24) is 9.88 Å². The van der Waals surface area contributed by atoms with Crippen LogP contribution < -0.4 is 0 Å². The number of fused-ring (bicyclic) bond motifs is 1. The summed E-state index contributed by atoms with van der Waals surface area (Å²) in [5, 5.41) is 0.738. The molecule has 1 saturated heterocycles. The second-order valence-electron chi connectivity index (χ2n) is 8.02. The third-order valence-electron chi connectivity index (χ3n) is 5.83. The maximum atomic E-state index is 13.4. The Labute approximate surface area is 180 Å². The largest absolute Gasteiger partial charge is 0.444 e. The lowest BCUT2D eigenvalue weighted by Crippen LogP contribution is -2.44. The van der Waals surface area contributed by atoms with E-state index in [9.17, 15) is 9.59 Å². The molecule has 1 unspecified atom stereocenters. The number of esters is 1. The minimum Gasteiger partial charge on any atom is -0.444 e. The number of morpholine rings is 1. The molecule has 1 atom stereocenters. The van der Waals surface area contributed by atoms with Gasteiger partial charge < -0.3 is 14.4 Å². The lowest BCUT2D eigenvalue weighted by molar-refractivity contribution is -0.145. The van der Waals surface area contributed by atoms with Gasteiger partial charge in [-0.25, -0.2) is 4.79 Å². The molecule has 0 spiro atoms. The van der Waals surface area contributed by atoms with Gasteiger partial charge in [-0.05, 0) is 25.0 Å². The number of aromatic nitrogens is 1. The highest BCUT2D eigenvalue weighted by Crippen LogP contribution is 2.40. The van der Waals surface area contributed by atoms with E-state index in [-0.39, 0.29) is 5.91 Å². The van der Waals surface area contributed by atoms with Gasteiger partial charge in [-0.2, -0.15) is 0 Å². The minimum atomic E-state index is -0.997. The smallest absolute Gasteiger partial charge is 0.340 e. The van der Waals surface area contributed by atoms with Gasteiger partial charge in [-0.3, -0.25) is 9.78 Å². The van der Waals surface area contributed by atoms with Crippen molar-refractivity contribution in [3.8, 4) is 0 Å². The number of pyridine rings is 1. The minimum absolute atomic E-state index is 0.219. The second kappa shape index (κ2) is 8.47. The van der Waals surface area contributed by atoms with Gasteiger partial charge in [0, 0.05) is 35.7 Å². The van der Waals surface area contributed by atoms with E-state index in [0.29, 0.717) is 43.3 Å². The molecule has 31 heavy (non-hydrogen) atoms. The molecule has 2 heterocycles. The molecule has 1 saturated carbocycles. The summed E-state index contributed by atoms with van der Waals surface area (Å²) in [6.07, 6.45) is 1.17. The summed E-state index contributed by atoms with van der Waals surface area (Å²) in [4.78, 5) is 33.1. The van der Waals surface area contributed by atoms with Gasteiger partial charge in [0.1, 0.15) is 0 Å². The molecule has 1 amide bonds. The van der Waals surface area contributed by atoms with Gasteiger partial charge >= 0.3 is 5.97 Å². The van der Waals surface area contributed by atoms with Crippen LogP contribution in [0.5, 0.6) is 0 Å². The van der Waals surface area contributed by atoms with E-state index in [1.54, 1.807) is 4.90 Å². The van der Waals surface area contributed by atoms with Crippen molar-refractivity contribution >= 4 is 22.8 Å². The third kappa shape index (κ3) is 4.16. The van der Waals surface area contributed by atoms with Gasteiger partial charge in [0.15, 0.2) is 0 Å². The zero-order valence-corrected chi connectivity index (χ0v) is 17.2. The van der Waals surface area contributed by atoms with Crippen LogP contribution in [-0.2, 0) is 14.3 Å². The zero-order chi connectivity index (χ0) is 21.2. The van der Waals surface area contributed by atoms with E-state index in [0.717, 1.165) is 29.4 Å². The first-order valence-corrected chi connectivity index (χ1v) is 10.7. The number of benzene rings is 2. The number of hydrogen-bond donors (Lipinski definition) is 0. The number of para-hydroxylation sites is 1. The number of carbonyl (C=O) groups excluding carboxylic acids is 2. The van der Waals surface area contributed by atoms with Crippen LogP contribution in [0.1, 0.15) is 46.5 Å². The third-order valence-corrected chi connectivity index (χ3v) is 5.83. The van der Waals surface area contributed by atoms with Crippen LogP contribution in [0.2, 0.25) is 0 Å². The highest BCUT2D eigenvalue weighted by atomic mass is 16.5. The van der Waals surface area contributed by atoms with Crippen molar-refractivity contribution in [3.63, 3.8) is 0 Å². The average Bonchev–Trinajstić information content (AvgIpc) is 3.68. The fourth-order valence-corrected chi connectivity index (χ4v) is 3.96. The van der Waals surface area contributed by atoms with Crippen LogP contribution in [-0.4, -0.2) is 48.1 Å². The molecular weight excluding hydrogens is 392 g/mol. The summed E-state index contributed by atoms with van der Waals surface area (Å²) >= 11 is 0. The molecule has 1 aromatic heterocycles. The highest BCUT2D eigenvalue weighted by molar-refractivity contribution is 6.04. The van der Waals surface area contributed by atoms with E-state index in [1.807, 2.05) is 60.7 Å². The molecule has 158 valence electrons. The molecule has 0 N–H and O–H groups in total. The number of hydrogen-bond acceptors (Lipinski definition) is 5. The van der Waals surface area contributed by atoms with E-state index in [1.165, 1.54) is 0 Å². The first-order chi connectivity index (χ1) is 15.2. The molecule has 0 bridgehead atoms. The van der Waals surface area contributed by atoms with Gasteiger partial charge in [0.2, 0.25) is 6.10 Å². The Hall–Kier alpha value is -3.25. The lowest BCUT2D eigenvalue weighted by atomic mass is 10.0. The van der Waals surface area contributed by atoms with E-state index in [2.05, 4.69) is 0 Å². The lowest BCUT2D eigenvalue weighted by Gasteiger charge is -2.30. The molecule has 1 aliphatic carbocycles. The number of nitrogens with zero attached hydrogens (tertiary/aromatic N) is 2. The van der Waals surface area contributed by atoms with Crippen LogP contribution in [0.4, 0.5) is 0 Å². The van der Waals surface area contributed by atoms with Crippen LogP contribution in [0, 0.1) is 0 Å². The Morgan fingerprint density at radius 2 is 1.71 bits per heavy atom. The summed E-state index contributed by atoms with van der Waals surface area (Å²) in [5.74, 6) is -0.323. The maximum Gasteiger partial charge on any atom is 0.340 e. The Kier molecular flexibility index (Phi) is 5.38. The Morgan fingerprint density at radius 1 is 1.00 bits per heavy atom. The predicted molar refractivity (Wildman–Crippen MR) is 116 cm³/mol. The molecule has 5 rings (SSSR count). The molecule has 6 nitrogen and oxygen atoms in total. The van der Waals surface area contributed by atoms with Gasteiger partial charge in [-0.1, -0.05) is 48.5 Å². The fraction of sp³-hybridized carbons (Fsp3) is 0.320. The fourth-order valence-electron chi connectivity index (χ4n) is 3.96. The molecule has 6 heteroatoms. The first kappa shape index (κ1) is 19.7. The summed E-state index contributed by atoms with van der Waals surface area (Å²) in [6.45, 7) is 1.95. The van der Waals surface area contributed by atoms with Gasteiger partial charge in [-0.15, -0.1) is 0 Å². The average molecular weight is 416 g/mol. The van der Waals surface area contributed by atoms with Crippen molar-refractivity contribution < 1.29 is 19.1 Å². The summed E-state index contributed by atoms with van der Waals surface area (Å²) in [6, 6.07) is 18.6. The van der Waals surface area contributed by atoms with E-state index in [4.69, 9.17) is 14.5 Å². The predicted octanol–water partition coefficient (Wildman–Crippen LogP) is 3.87. The number of ether oxygens (including phenoxy) is 2. The quantitative estimate of drug-likeness (QED) is 0.591. The summed E-state index contributed by atoms with van der Waals surface area (Å²) < 4.78 is 11.3. The standard InChI is InChI=1S/C25H24N2O4/c28-24(27-12-14-30-15-13-27)23(18-6-2-1-3-7-18)31-25(29)20-16-22(17-10-11-17)26-21-9-5-4-8-19(20)21/h1-9,16-17,23H,10-15H2. The zero-order valence-electron chi connectivity index (χ0n) is 17.2. The van der Waals surface area contributed by atoms with Crippen molar-refractivity contribution in [3.05, 3.63) is 77.5 Å². The molecule has 0 radical (unpaired) electrons. The molecule has 3 aromatic rings. The Morgan fingerprint density at radius 3 is 2.45 bits per heavy atom. The number of amides is 1. The molecule has 2 fully saturated rings. The van der Waals surface area contributed by atoms with Crippen LogP contribution in [0.3, 0.4) is 0 Å². The van der Waals surface area contributed by atoms with Gasteiger partial charge in [0.05, 0.1) is 24.3 Å². The van der Waals surface area contributed by atoms with Crippen molar-refractivity contribution in [2.24, 2.45) is 0 Å². The summed E-state index contributed by atoms with van der Waals surface area (Å²) in [5.41, 5.74) is 2.81. The summed E-state index contributed by atoms with van der Waals surface area (Å²) in [7, 11) is 0. The molecular formula is C25H24N2O4. The Balaban J connectivity index is 1.49. The first-order valence-electron chi connectivity index (χ1n) is 10.7. The normalized spacial score (nSPS) is 17.4. The van der Waals surface area contributed by atoms with Crippen molar-refractivity contribution in [1.29, 1.82) is 0 Å². The topological polar surface area (TPSA) is 68.7 Å². The van der Waals surface area contributed by atoms with Crippen LogP contribution in [0.15, 0.2) is 60.7 Å². The second-order valence-corrected chi connectivity index (χ2v) is 8.02. The van der Waals surface area contributed by atoms with Crippen molar-refractivity contribution in [2.75, 3.05) is 26.3 Å². The van der Waals surface area contributed by atoms with Crippen LogP contribution in [0.25, 0.3) is 10.9 Å². The number of carbonyl (C=O) groups is 2. The monoisotopic (exact) mass is 416 g/mol. The highest BCUT2D eigenvalue weighted by Gasteiger charge is 2.32. The number of rotatable bonds is 5.